The highest BCUT2D eigenvalue weighted by atomic mass is 79.9. The van der Waals surface area contributed by atoms with Gasteiger partial charge in [0.15, 0.2) is 0 Å². The van der Waals surface area contributed by atoms with Gasteiger partial charge in [-0.25, -0.2) is 0 Å². The summed E-state index contributed by atoms with van der Waals surface area (Å²) >= 11 is 3.43. The number of benzene rings is 1. The summed E-state index contributed by atoms with van der Waals surface area (Å²) in [5.41, 5.74) is 6.58. The van der Waals surface area contributed by atoms with Crippen molar-refractivity contribution in [1.82, 2.24) is 4.98 Å². The van der Waals surface area contributed by atoms with E-state index in [9.17, 15) is 0 Å². The zero-order valence-corrected chi connectivity index (χ0v) is 11.0. The molecule has 2 N–H and O–H groups in total. The second-order valence-electron chi connectivity index (χ2n) is 3.74. The van der Waals surface area contributed by atoms with E-state index in [0.29, 0.717) is 5.75 Å². The molecule has 0 aliphatic carbocycles. The summed E-state index contributed by atoms with van der Waals surface area (Å²) in [7, 11) is 0. The van der Waals surface area contributed by atoms with E-state index in [2.05, 4.69) is 20.9 Å². The lowest BCUT2D eigenvalue weighted by Gasteiger charge is -2.08. The summed E-state index contributed by atoms with van der Waals surface area (Å²) < 4.78 is 6.61. The number of nitrogens with two attached hydrogens (primary N) is 1. The first-order valence-electron chi connectivity index (χ1n) is 5.31. The molecule has 88 valence electrons. The first kappa shape index (κ1) is 12.1. The maximum absolute atomic E-state index is 5.73. The van der Waals surface area contributed by atoms with Crippen LogP contribution >= 0.6 is 15.9 Å². The van der Waals surface area contributed by atoms with E-state index < -0.39 is 0 Å². The number of ether oxygens (including phenoxy) is 1. The van der Waals surface area contributed by atoms with E-state index in [0.717, 1.165) is 15.9 Å². The zero-order chi connectivity index (χ0) is 12.3. The highest BCUT2D eigenvalue weighted by Gasteiger charge is 2.04. The largest absolute Gasteiger partial charge is 0.455 e. The standard InChI is InChI=1S/C13H13BrN2O/c1-9(15)12-7-6-10(8-16-12)17-13-5-3-2-4-11(13)14/h2-9H,15H2,1H3. The Balaban J connectivity index is 2.17. The van der Waals surface area contributed by atoms with E-state index >= 15 is 0 Å². The summed E-state index contributed by atoms with van der Waals surface area (Å²) in [4.78, 5) is 4.24. The fourth-order valence-corrected chi connectivity index (χ4v) is 1.74. The molecule has 17 heavy (non-hydrogen) atoms. The van der Waals surface area contributed by atoms with Crippen LogP contribution in [-0.4, -0.2) is 4.98 Å². The Kier molecular flexibility index (Phi) is 3.76. The molecule has 2 aromatic rings. The van der Waals surface area contributed by atoms with Crippen molar-refractivity contribution in [3.63, 3.8) is 0 Å². The summed E-state index contributed by atoms with van der Waals surface area (Å²) in [5, 5.41) is 0. The lowest BCUT2D eigenvalue weighted by Crippen LogP contribution is -2.06. The number of aromatic nitrogens is 1. The van der Waals surface area contributed by atoms with Crippen molar-refractivity contribution in [2.45, 2.75) is 13.0 Å². The molecule has 2 rings (SSSR count). The summed E-state index contributed by atoms with van der Waals surface area (Å²) in [6.45, 7) is 1.90. The molecule has 4 heteroatoms. The third kappa shape index (κ3) is 3.05. The lowest BCUT2D eigenvalue weighted by atomic mass is 10.2. The smallest absolute Gasteiger partial charge is 0.145 e. The minimum Gasteiger partial charge on any atom is -0.455 e. The lowest BCUT2D eigenvalue weighted by molar-refractivity contribution is 0.476. The van der Waals surface area contributed by atoms with Crippen LogP contribution in [0.25, 0.3) is 0 Å². The van der Waals surface area contributed by atoms with Gasteiger partial charge in [-0.15, -0.1) is 0 Å². The molecule has 1 unspecified atom stereocenters. The third-order valence-corrected chi connectivity index (χ3v) is 2.95. The number of rotatable bonds is 3. The van der Waals surface area contributed by atoms with Crippen LogP contribution in [0.2, 0.25) is 0 Å². The third-order valence-electron chi connectivity index (χ3n) is 2.29. The van der Waals surface area contributed by atoms with Crippen molar-refractivity contribution in [2.75, 3.05) is 0 Å². The molecular formula is C13H13BrN2O. The SMILES string of the molecule is CC(N)c1ccc(Oc2ccccc2Br)cn1. The van der Waals surface area contributed by atoms with Gasteiger partial charge in [-0.2, -0.15) is 0 Å². The van der Waals surface area contributed by atoms with Crippen molar-refractivity contribution >= 4 is 15.9 Å². The van der Waals surface area contributed by atoms with Gasteiger partial charge in [0, 0.05) is 6.04 Å². The second kappa shape index (κ2) is 5.29. The van der Waals surface area contributed by atoms with Gasteiger partial charge < -0.3 is 10.5 Å². The van der Waals surface area contributed by atoms with Crippen LogP contribution in [-0.2, 0) is 0 Å². The first-order valence-corrected chi connectivity index (χ1v) is 6.10. The Morgan fingerprint density at radius 1 is 1.24 bits per heavy atom. The number of para-hydroxylation sites is 1. The normalized spacial score (nSPS) is 12.2. The highest BCUT2D eigenvalue weighted by Crippen LogP contribution is 2.28. The molecule has 1 aromatic heterocycles. The van der Waals surface area contributed by atoms with Gasteiger partial charge in [-0.3, -0.25) is 4.98 Å². The van der Waals surface area contributed by atoms with Crippen molar-refractivity contribution in [3.8, 4) is 11.5 Å². The highest BCUT2D eigenvalue weighted by molar-refractivity contribution is 9.10. The number of halogens is 1. The number of hydrogen-bond donors (Lipinski definition) is 1. The molecule has 0 saturated heterocycles. The molecule has 0 aliphatic heterocycles. The zero-order valence-electron chi connectivity index (χ0n) is 9.43. The summed E-state index contributed by atoms with van der Waals surface area (Å²) in [6, 6.07) is 11.4. The molecule has 1 heterocycles. The van der Waals surface area contributed by atoms with E-state index in [1.807, 2.05) is 43.3 Å². The molecule has 0 spiro atoms. The summed E-state index contributed by atoms with van der Waals surface area (Å²) in [6.07, 6.45) is 1.68. The van der Waals surface area contributed by atoms with Crippen LogP contribution < -0.4 is 10.5 Å². The van der Waals surface area contributed by atoms with Gasteiger partial charge in [-0.1, -0.05) is 12.1 Å². The predicted octanol–water partition coefficient (Wildman–Crippen LogP) is 3.66. The van der Waals surface area contributed by atoms with Gasteiger partial charge in [-0.05, 0) is 47.1 Å². The molecule has 1 aromatic carbocycles. The topological polar surface area (TPSA) is 48.1 Å². The van der Waals surface area contributed by atoms with Crippen LogP contribution in [0.1, 0.15) is 18.7 Å². The Labute approximate surface area is 109 Å². The summed E-state index contributed by atoms with van der Waals surface area (Å²) in [5.74, 6) is 1.46. The van der Waals surface area contributed by atoms with E-state index in [1.165, 1.54) is 0 Å². The van der Waals surface area contributed by atoms with Crippen LogP contribution in [0, 0.1) is 0 Å². The van der Waals surface area contributed by atoms with Crippen molar-refractivity contribution < 1.29 is 4.74 Å². The second-order valence-corrected chi connectivity index (χ2v) is 4.59. The fraction of sp³-hybridized carbons (Fsp3) is 0.154. The van der Waals surface area contributed by atoms with E-state index in [4.69, 9.17) is 10.5 Å². The first-order chi connectivity index (χ1) is 8.16. The number of nitrogens with zero attached hydrogens (tertiary/aromatic N) is 1. The monoisotopic (exact) mass is 292 g/mol. The number of pyridine rings is 1. The van der Waals surface area contributed by atoms with Crippen molar-refractivity contribution in [3.05, 3.63) is 52.8 Å². The molecule has 3 nitrogen and oxygen atoms in total. The Bertz CT molecular complexity index is 497. The van der Waals surface area contributed by atoms with E-state index in [-0.39, 0.29) is 6.04 Å². The van der Waals surface area contributed by atoms with Crippen molar-refractivity contribution in [1.29, 1.82) is 0 Å². The van der Waals surface area contributed by atoms with Crippen LogP contribution in [0.3, 0.4) is 0 Å². The van der Waals surface area contributed by atoms with Gasteiger partial charge >= 0.3 is 0 Å². The van der Waals surface area contributed by atoms with Crippen molar-refractivity contribution in [2.24, 2.45) is 5.73 Å². The Morgan fingerprint density at radius 3 is 2.59 bits per heavy atom. The number of hydrogen-bond acceptors (Lipinski definition) is 3. The van der Waals surface area contributed by atoms with Gasteiger partial charge in [0.25, 0.3) is 0 Å². The molecule has 1 atom stereocenters. The quantitative estimate of drug-likeness (QED) is 0.939. The molecule has 0 fully saturated rings. The Morgan fingerprint density at radius 2 is 2.00 bits per heavy atom. The fourth-order valence-electron chi connectivity index (χ4n) is 1.38. The van der Waals surface area contributed by atoms with Gasteiger partial charge in [0.05, 0.1) is 16.4 Å². The molecule has 0 amide bonds. The maximum Gasteiger partial charge on any atom is 0.145 e. The Hall–Kier alpha value is -1.39. The minimum atomic E-state index is -0.0625. The van der Waals surface area contributed by atoms with Crippen LogP contribution in [0.4, 0.5) is 0 Å². The molecule has 0 radical (unpaired) electrons. The molecule has 0 aliphatic rings. The molecular weight excluding hydrogens is 280 g/mol. The maximum atomic E-state index is 5.73. The average molecular weight is 293 g/mol. The van der Waals surface area contributed by atoms with Gasteiger partial charge in [0.2, 0.25) is 0 Å². The molecule has 0 saturated carbocycles. The van der Waals surface area contributed by atoms with Crippen LogP contribution in [0.15, 0.2) is 47.1 Å². The van der Waals surface area contributed by atoms with Gasteiger partial charge in [0.1, 0.15) is 11.5 Å². The van der Waals surface area contributed by atoms with E-state index in [1.54, 1.807) is 6.20 Å². The van der Waals surface area contributed by atoms with Crippen LogP contribution in [0.5, 0.6) is 11.5 Å². The average Bonchev–Trinajstić information content (AvgIpc) is 2.33. The molecule has 0 bridgehead atoms. The predicted molar refractivity (Wildman–Crippen MR) is 71.1 cm³/mol. The minimum absolute atomic E-state index is 0.0625.